The van der Waals surface area contributed by atoms with Crippen LogP contribution in [0.2, 0.25) is 0 Å². The first-order valence-electron chi connectivity index (χ1n) is 11.3. The molecule has 0 atom stereocenters. The topological polar surface area (TPSA) is 110 Å². The summed E-state index contributed by atoms with van der Waals surface area (Å²) in [5.41, 5.74) is 0.900. The van der Waals surface area contributed by atoms with Crippen LogP contribution in [0.3, 0.4) is 0 Å². The molecular formula is C24H25FN6O3. The fraction of sp³-hybridized carbons (Fsp3) is 0.333. The van der Waals surface area contributed by atoms with Crippen LogP contribution in [0, 0.1) is 17.2 Å². The first-order chi connectivity index (χ1) is 16.4. The number of carbonyl (C=O) groups excluding carboxylic acids is 2. The van der Waals surface area contributed by atoms with Crippen LogP contribution in [-0.2, 0) is 9.59 Å². The number of anilines is 2. The standard InChI is InChI=1S/C24H25FN6O3/c1-3-26-14(2)24(10-11-24)23(33)27-16-6-7-18(17(25)12-16)34-21-9-8-20-28-19(13-31(20)30-21)29-22(32)15-4-5-15/h6-9,12-13,15,26H,2-5,10-11H2,1H3,(H,27,33)(H,29,32). The van der Waals surface area contributed by atoms with E-state index in [9.17, 15) is 14.0 Å². The average Bonchev–Trinajstić information content (AvgIpc) is 3.72. The number of fused-ring (bicyclic) bond motifs is 1. The van der Waals surface area contributed by atoms with Crippen LogP contribution in [0.5, 0.6) is 11.6 Å². The van der Waals surface area contributed by atoms with E-state index in [0.717, 1.165) is 12.8 Å². The number of amides is 2. The molecule has 1 aromatic carbocycles. The third-order valence-corrected chi connectivity index (χ3v) is 6.05. The Bertz CT molecular complexity index is 1300. The van der Waals surface area contributed by atoms with Crippen molar-refractivity contribution >= 4 is 29.0 Å². The van der Waals surface area contributed by atoms with Crippen LogP contribution in [0.15, 0.2) is 48.8 Å². The lowest BCUT2D eigenvalue weighted by molar-refractivity contribution is -0.120. The fourth-order valence-electron chi connectivity index (χ4n) is 3.75. The summed E-state index contributed by atoms with van der Waals surface area (Å²) in [6.45, 7) is 6.59. The van der Waals surface area contributed by atoms with Crippen molar-refractivity contribution in [2.75, 3.05) is 17.2 Å². The zero-order valence-corrected chi connectivity index (χ0v) is 18.7. The molecular weight excluding hydrogens is 439 g/mol. The van der Waals surface area contributed by atoms with Gasteiger partial charge in [0.25, 0.3) is 0 Å². The third kappa shape index (κ3) is 4.30. The average molecular weight is 465 g/mol. The first kappa shape index (κ1) is 21.9. The summed E-state index contributed by atoms with van der Waals surface area (Å²) in [6, 6.07) is 7.44. The molecule has 0 aliphatic heterocycles. The van der Waals surface area contributed by atoms with E-state index < -0.39 is 11.2 Å². The van der Waals surface area contributed by atoms with Crippen molar-refractivity contribution in [1.29, 1.82) is 0 Å². The predicted molar refractivity (Wildman–Crippen MR) is 124 cm³/mol. The molecule has 2 aromatic heterocycles. The van der Waals surface area contributed by atoms with Gasteiger partial charge in [0.05, 0.1) is 11.6 Å². The smallest absolute Gasteiger partial charge is 0.237 e. The zero-order chi connectivity index (χ0) is 23.9. The number of benzene rings is 1. The Morgan fingerprint density at radius 1 is 1.24 bits per heavy atom. The highest BCUT2D eigenvalue weighted by atomic mass is 19.1. The molecule has 2 amide bonds. The Hall–Kier alpha value is -3.95. The van der Waals surface area contributed by atoms with Gasteiger partial charge in [-0.25, -0.2) is 13.9 Å². The molecule has 2 fully saturated rings. The molecule has 10 heteroatoms. The Morgan fingerprint density at radius 3 is 2.71 bits per heavy atom. The fourth-order valence-corrected chi connectivity index (χ4v) is 3.75. The molecule has 3 aromatic rings. The number of carbonyl (C=O) groups is 2. The summed E-state index contributed by atoms with van der Waals surface area (Å²) >= 11 is 0. The van der Waals surface area contributed by atoms with Gasteiger partial charge < -0.3 is 20.7 Å². The van der Waals surface area contributed by atoms with Crippen LogP contribution >= 0.6 is 0 Å². The van der Waals surface area contributed by atoms with E-state index in [1.54, 1.807) is 24.4 Å². The van der Waals surface area contributed by atoms with E-state index in [1.165, 1.54) is 16.6 Å². The van der Waals surface area contributed by atoms with Crippen molar-refractivity contribution in [1.82, 2.24) is 19.9 Å². The number of ether oxygens (including phenoxy) is 1. The molecule has 9 nitrogen and oxygen atoms in total. The largest absolute Gasteiger partial charge is 0.434 e. The minimum absolute atomic E-state index is 0.0366. The van der Waals surface area contributed by atoms with Gasteiger partial charge in [-0.2, -0.15) is 0 Å². The molecule has 0 bridgehead atoms. The summed E-state index contributed by atoms with van der Waals surface area (Å²) in [5, 5.41) is 12.9. The SMILES string of the molecule is C=C(NCC)C1(C(=O)Nc2ccc(Oc3ccc4nc(NC(=O)C5CC5)cn4n3)c(F)c2)CC1. The molecule has 34 heavy (non-hydrogen) atoms. The second-order valence-electron chi connectivity index (χ2n) is 8.66. The van der Waals surface area contributed by atoms with Crippen molar-refractivity contribution in [2.45, 2.75) is 32.6 Å². The first-order valence-corrected chi connectivity index (χ1v) is 11.3. The summed E-state index contributed by atoms with van der Waals surface area (Å²) in [6.07, 6.45) is 4.79. The number of halogens is 1. The second kappa shape index (κ2) is 8.44. The minimum Gasteiger partial charge on any atom is -0.434 e. The highest BCUT2D eigenvalue weighted by Gasteiger charge is 2.52. The van der Waals surface area contributed by atoms with E-state index in [0.29, 0.717) is 42.2 Å². The maximum absolute atomic E-state index is 14.7. The number of aromatic nitrogens is 3. The molecule has 2 aliphatic rings. The second-order valence-corrected chi connectivity index (χ2v) is 8.66. The van der Waals surface area contributed by atoms with Crippen LogP contribution in [0.4, 0.5) is 15.9 Å². The van der Waals surface area contributed by atoms with Crippen molar-refractivity contribution in [3.8, 4) is 11.6 Å². The number of rotatable bonds is 9. The molecule has 5 rings (SSSR count). The Kier molecular flexibility index (Phi) is 5.43. The van der Waals surface area contributed by atoms with Crippen molar-refractivity contribution in [2.24, 2.45) is 11.3 Å². The molecule has 2 saturated carbocycles. The lowest BCUT2D eigenvalue weighted by atomic mass is 10.0. The third-order valence-electron chi connectivity index (χ3n) is 6.05. The number of imidazole rings is 1. The quantitative estimate of drug-likeness (QED) is 0.444. The van der Waals surface area contributed by atoms with E-state index in [-0.39, 0.29) is 29.4 Å². The van der Waals surface area contributed by atoms with Crippen molar-refractivity contribution < 1.29 is 18.7 Å². The van der Waals surface area contributed by atoms with Crippen molar-refractivity contribution in [3.63, 3.8) is 0 Å². The molecule has 0 spiro atoms. The van der Waals surface area contributed by atoms with E-state index >= 15 is 0 Å². The van der Waals surface area contributed by atoms with Gasteiger partial charge in [-0.3, -0.25) is 9.59 Å². The molecule has 2 heterocycles. The van der Waals surface area contributed by atoms with E-state index in [4.69, 9.17) is 4.74 Å². The Labute approximate surface area is 195 Å². The lowest BCUT2D eigenvalue weighted by Crippen LogP contribution is -2.31. The molecule has 0 unspecified atom stereocenters. The molecule has 3 N–H and O–H groups in total. The highest BCUT2D eigenvalue weighted by molar-refractivity contribution is 5.99. The van der Waals surface area contributed by atoms with Gasteiger partial charge in [-0.15, -0.1) is 5.10 Å². The maximum Gasteiger partial charge on any atom is 0.237 e. The molecule has 0 saturated heterocycles. The lowest BCUT2D eigenvalue weighted by Gasteiger charge is -2.19. The minimum atomic E-state index is -0.641. The number of nitrogens with zero attached hydrogens (tertiary/aromatic N) is 3. The maximum atomic E-state index is 14.7. The van der Waals surface area contributed by atoms with Gasteiger partial charge >= 0.3 is 0 Å². The van der Waals surface area contributed by atoms with Gasteiger partial charge in [0.15, 0.2) is 23.0 Å². The summed E-state index contributed by atoms with van der Waals surface area (Å²) < 4.78 is 21.8. The Morgan fingerprint density at radius 2 is 2.03 bits per heavy atom. The number of hydrogen-bond acceptors (Lipinski definition) is 6. The summed E-state index contributed by atoms with van der Waals surface area (Å²) in [5.74, 6) is -0.314. The Balaban J connectivity index is 1.26. The van der Waals surface area contributed by atoms with Gasteiger partial charge in [-0.05, 0) is 50.8 Å². The summed E-state index contributed by atoms with van der Waals surface area (Å²) in [7, 11) is 0. The van der Waals surface area contributed by atoms with Crippen LogP contribution in [-0.4, -0.2) is 33.0 Å². The van der Waals surface area contributed by atoms with Gasteiger partial charge in [0.2, 0.25) is 17.7 Å². The predicted octanol–water partition coefficient (Wildman–Crippen LogP) is 3.85. The van der Waals surface area contributed by atoms with Gasteiger partial charge in [-0.1, -0.05) is 6.58 Å². The van der Waals surface area contributed by atoms with Crippen molar-refractivity contribution in [3.05, 3.63) is 54.6 Å². The summed E-state index contributed by atoms with van der Waals surface area (Å²) in [4.78, 5) is 29.0. The zero-order valence-electron chi connectivity index (χ0n) is 18.7. The van der Waals surface area contributed by atoms with Gasteiger partial charge in [0.1, 0.15) is 0 Å². The van der Waals surface area contributed by atoms with Gasteiger partial charge in [0, 0.05) is 36.0 Å². The molecule has 176 valence electrons. The van der Waals surface area contributed by atoms with Crippen LogP contribution in [0.1, 0.15) is 32.6 Å². The van der Waals surface area contributed by atoms with Crippen LogP contribution in [0.25, 0.3) is 5.65 Å². The van der Waals surface area contributed by atoms with Crippen LogP contribution < -0.4 is 20.7 Å². The molecule has 2 aliphatic carbocycles. The number of hydrogen-bond donors (Lipinski definition) is 3. The molecule has 0 radical (unpaired) electrons. The highest BCUT2D eigenvalue weighted by Crippen LogP contribution is 2.51. The monoisotopic (exact) mass is 464 g/mol. The van der Waals surface area contributed by atoms with E-state index in [2.05, 4.69) is 32.6 Å². The normalized spacial score (nSPS) is 16.1. The van der Waals surface area contributed by atoms with E-state index in [1.807, 2.05) is 6.92 Å². The number of nitrogens with one attached hydrogen (secondary N) is 3.